The standard InChI is InChI=1S/C20H23FN6O3/c21-16-1-2-17-14(3-7-29-17)15(16)11-22-20-23-12-18(19-25-24-13-27(19)20)30-10-6-26-4-8-28-9-5-26/h1-2,12-13H,3-11H2,(H,22,23). The largest absolute Gasteiger partial charge is 0.493 e. The Bertz CT molecular complexity index is 1040. The molecular formula is C20H23FN6O3. The molecule has 0 bridgehead atoms. The second-order valence-electron chi connectivity index (χ2n) is 7.23. The zero-order chi connectivity index (χ0) is 20.3. The summed E-state index contributed by atoms with van der Waals surface area (Å²) in [5, 5.41) is 11.3. The molecule has 30 heavy (non-hydrogen) atoms. The number of aromatic nitrogens is 4. The SMILES string of the molecule is Fc1ccc2c(c1CNc1ncc(OCCN3CCOCC3)c3nncn13)CCO2. The third kappa shape index (κ3) is 3.75. The van der Waals surface area contributed by atoms with Crippen LogP contribution in [0.4, 0.5) is 10.3 Å². The molecule has 9 nitrogen and oxygen atoms in total. The van der Waals surface area contributed by atoms with E-state index < -0.39 is 0 Å². The summed E-state index contributed by atoms with van der Waals surface area (Å²) >= 11 is 0. The monoisotopic (exact) mass is 414 g/mol. The van der Waals surface area contributed by atoms with Crippen molar-refractivity contribution in [3.63, 3.8) is 0 Å². The summed E-state index contributed by atoms with van der Waals surface area (Å²) in [5.74, 6) is 1.58. The molecule has 158 valence electrons. The van der Waals surface area contributed by atoms with Gasteiger partial charge in [-0.3, -0.25) is 4.90 Å². The van der Waals surface area contributed by atoms with E-state index in [9.17, 15) is 4.39 Å². The van der Waals surface area contributed by atoms with Crippen molar-refractivity contribution in [1.29, 1.82) is 0 Å². The van der Waals surface area contributed by atoms with Gasteiger partial charge >= 0.3 is 0 Å². The molecule has 0 atom stereocenters. The van der Waals surface area contributed by atoms with Gasteiger partial charge in [-0.25, -0.2) is 13.8 Å². The van der Waals surface area contributed by atoms with E-state index in [1.165, 1.54) is 6.07 Å². The van der Waals surface area contributed by atoms with Gasteiger partial charge in [-0.15, -0.1) is 10.2 Å². The van der Waals surface area contributed by atoms with Crippen LogP contribution in [-0.2, 0) is 17.7 Å². The first-order valence-electron chi connectivity index (χ1n) is 10.1. The minimum absolute atomic E-state index is 0.255. The summed E-state index contributed by atoms with van der Waals surface area (Å²) in [6.07, 6.45) is 3.89. The number of anilines is 1. The maximum Gasteiger partial charge on any atom is 0.210 e. The highest BCUT2D eigenvalue weighted by Gasteiger charge is 2.20. The van der Waals surface area contributed by atoms with Gasteiger partial charge in [0.25, 0.3) is 0 Å². The number of benzene rings is 1. The molecular weight excluding hydrogens is 391 g/mol. The van der Waals surface area contributed by atoms with Gasteiger partial charge in [0, 0.05) is 43.7 Å². The lowest BCUT2D eigenvalue weighted by atomic mass is 10.0. The van der Waals surface area contributed by atoms with Gasteiger partial charge in [0.15, 0.2) is 5.75 Å². The normalized spacial score (nSPS) is 16.4. The molecule has 0 unspecified atom stereocenters. The third-order valence-electron chi connectivity index (χ3n) is 5.43. The molecule has 5 rings (SSSR count). The Balaban J connectivity index is 1.28. The maximum absolute atomic E-state index is 14.4. The predicted octanol–water partition coefficient (Wildman–Crippen LogP) is 1.52. The number of rotatable bonds is 7. The molecule has 0 spiro atoms. The van der Waals surface area contributed by atoms with E-state index >= 15 is 0 Å². The highest BCUT2D eigenvalue weighted by molar-refractivity contribution is 5.56. The molecule has 4 heterocycles. The summed E-state index contributed by atoms with van der Waals surface area (Å²) in [5.41, 5.74) is 2.07. The van der Waals surface area contributed by atoms with Crippen molar-refractivity contribution < 1.29 is 18.6 Å². The first kappa shape index (κ1) is 19.0. The zero-order valence-corrected chi connectivity index (χ0v) is 16.5. The van der Waals surface area contributed by atoms with E-state index in [0.717, 1.165) is 44.2 Å². The van der Waals surface area contributed by atoms with Crippen molar-refractivity contribution in [3.05, 3.63) is 41.6 Å². The Morgan fingerprint density at radius 1 is 1.20 bits per heavy atom. The lowest BCUT2D eigenvalue weighted by Gasteiger charge is -2.26. The van der Waals surface area contributed by atoms with Crippen molar-refractivity contribution in [3.8, 4) is 11.5 Å². The van der Waals surface area contributed by atoms with E-state index in [0.29, 0.717) is 42.5 Å². The van der Waals surface area contributed by atoms with Gasteiger partial charge in [0.1, 0.15) is 24.5 Å². The smallest absolute Gasteiger partial charge is 0.210 e. The molecule has 3 aromatic rings. The molecule has 2 aromatic heterocycles. The van der Waals surface area contributed by atoms with Crippen LogP contribution in [0.1, 0.15) is 11.1 Å². The quantitative estimate of drug-likeness (QED) is 0.623. The second kappa shape index (κ2) is 8.41. The van der Waals surface area contributed by atoms with Gasteiger partial charge in [-0.1, -0.05) is 0 Å². The molecule has 0 saturated carbocycles. The maximum atomic E-state index is 14.4. The van der Waals surface area contributed by atoms with Gasteiger partial charge in [0.05, 0.1) is 26.0 Å². The lowest BCUT2D eigenvalue weighted by Crippen LogP contribution is -2.38. The lowest BCUT2D eigenvalue weighted by molar-refractivity contribution is 0.0323. The Labute approximate surface area is 172 Å². The highest BCUT2D eigenvalue weighted by Crippen LogP contribution is 2.30. The van der Waals surface area contributed by atoms with Crippen LogP contribution in [0.25, 0.3) is 5.65 Å². The van der Waals surface area contributed by atoms with Gasteiger partial charge < -0.3 is 19.5 Å². The summed E-state index contributed by atoms with van der Waals surface area (Å²) in [6.45, 7) is 5.54. The molecule has 1 aromatic carbocycles. The van der Waals surface area contributed by atoms with Crippen molar-refractivity contribution >= 4 is 11.6 Å². The number of hydrogen-bond donors (Lipinski definition) is 1. The van der Waals surface area contributed by atoms with Crippen LogP contribution < -0.4 is 14.8 Å². The molecule has 1 N–H and O–H groups in total. The number of morpholine rings is 1. The summed E-state index contributed by atoms with van der Waals surface area (Å²) in [7, 11) is 0. The molecule has 0 aliphatic carbocycles. The molecule has 1 saturated heterocycles. The van der Waals surface area contributed by atoms with E-state index in [1.807, 2.05) is 0 Å². The number of halogens is 1. The van der Waals surface area contributed by atoms with Crippen LogP contribution >= 0.6 is 0 Å². The molecule has 0 amide bonds. The Hall–Kier alpha value is -2.98. The third-order valence-corrected chi connectivity index (χ3v) is 5.43. The number of fused-ring (bicyclic) bond motifs is 2. The fraction of sp³-hybridized carbons (Fsp3) is 0.450. The molecule has 2 aliphatic rings. The average molecular weight is 414 g/mol. The first-order valence-corrected chi connectivity index (χ1v) is 10.1. The molecule has 0 radical (unpaired) electrons. The van der Waals surface area contributed by atoms with Crippen LogP contribution in [0.5, 0.6) is 11.5 Å². The van der Waals surface area contributed by atoms with Crippen molar-refractivity contribution in [1.82, 2.24) is 24.5 Å². The minimum atomic E-state index is -0.255. The molecule has 1 fully saturated rings. The van der Waals surface area contributed by atoms with E-state index in [4.69, 9.17) is 14.2 Å². The fourth-order valence-corrected chi connectivity index (χ4v) is 3.81. The van der Waals surface area contributed by atoms with E-state index in [-0.39, 0.29) is 12.4 Å². The van der Waals surface area contributed by atoms with Crippen molar-refractivity contribution in [2.24, 2.45) is 0 Å². The minimum Gasteiger partial charge on any atom is -0.493 e. The van der Waals surface area contributed by atoms with Crippen LogP contribution in [0, 0.1) is 5.82 Å². The van der Waals surface area contributed by atoms with Crippen LogP contribution in [0.2, 0.25) is 0 Å². The topological polar surface area (TPSA) is 86.0 Å². The first-order chi connectivity index (χ1) is 14.8. The molecule has 2 aliphatic heterocycles. The number of nitrogens with one attached hydrogen (secondary N) is 1. The summed E-state index contributed by atoms with van der Waals surface area (Å²) in [6, 6.07) is 3.12. The van der Waals surface area contributed by atoms with Crippen LogP contribution in [-0.4, -0.2) is 70.5 Å². The number of ether oxygens (including phenoxy) is 3. The Kier molecular flexibility index (Phi) is 5.33. The van der Waals surface area contributed by atoms with Gasteiger partial charge in [-0.2, -0.15) is 0 Å². The highest BCUT2D eigenvalue weighted by atomic mass is 19.1. The predicted molar refractivity (Wildman–Crippen MR) is 106 cm³/mol. The van der Waals surface area contributed by atoms with Gasteiger partial charge in [-0.05, 0) is 12.1 Å². The molecule has 10 heteroatoms. The fourth-order valence-electron chi connectivity index (χ4n) is 3.81. The van der Waals surface area contributed by atoms with E-state index in [1.54, 1.807) is 23.0 Å². The van der Waals surface area contributed by atoms with E-state index in [2.05, 4.69) is 25.4 Å². The Morgan fingerprint density at radius 3 is 3.00 bits per heavy atom. The number of hydrogen-bond acceptors (Lipinski definition) is 8. The summed E-state index contributed by atoms with van der Waals surface area (Å²) < 4.78 is 32.9. The van der Waals surface area contributed by atoms with Crippen LogP contribution in [0.15, 0.2) is 24.7 Å². The second-order valence-corrected chi connectivity index (χ2v) is 7.23. The average Bonchev–Trinajstić information content (AvgIpc) is 3.45. The van der Waals surface area contributed by atoms with Gasteiger partial charge in [0.2, 0.25) is 11.6 Å². The number of nitrogens with zero attached hydrogens (tertiary/aromatic N) is 5. The van der Waals surface area contributed by atoms with Crippen LogP contribution in [0.3, 0.4) is 0 Å². The van der Waals surface area contributed by atoms with Crippen molar-refractivity contribution in [2.75, 3.05) is 51.4 Å². The van der Waals surface area contributed by atoms with Crippen molar-refractivity contribution in [2.45, 2.75) is 13.0 Å². The Morgan fingerprint density at radius 2 is 2.10 bits per heavy atom. The zero-order valence-electron chi connectivity index (χ0n) is 16.5. The summed E-state index contributed by atoms with van der Waals surface area (Å²) in [4.78, 5) is 6.74.